The fourth-order valence-electron chi connectivity index (χ4n) is 4.27. The van der Waals surface area contributed by atoms with Gasteiger partial charge in [-0.15, -0.1) is 0 Å². The molecule has 7 nitrogen and oxygen atoms in total. The first-order chi connectivity index (χ1) is 16.2. The van der Waals surface area contributed by atoms with Crippen LogP contribution in [0.5, 0.6) is 0 Å². The number of rotatable bonds is 5. The summed E-state index contributed by atoms with van der Waals surface area (Å²) in [7, 11) is -2.02. The van der Waals surface area contributed by atoms with Crippen LogP contribution in [0, 0.1) is 0 Å². The van der Waals surface area contributed by atoms with E-state index >= 15 is 0 Å². The minimum atomic E-state index is -2.02. The number of amides is 2. The van der Waals surface area contributed by atoms with E-state index in [1.165, 1.54) is 0 Å². The van der Waals surface area contributed by atoms with Crippen LogP contribution in [0.1, 0.15) is 65.3 Å². The maximum Gasteiger partial charge on any atom is 0.243 e. The van der Waals surface area contributed by atoms with E-state index in [4.69, 9.17) is 21.0 Å². The molecule has 9 heteroatoms. The molecule has 0 atom stereocenters. The molecule has 0 radical (unpaired) electrons. The first-order valence-corrected chi connectivity index (χ1v) is 15.5. The molecule has 2 amide bonds. The molecule has 2 aliphatic rings. The number of nitrogens with zero attached hydrogens (tertiary/aromatic N) is 4. The molecule has 1 fully saturated rings. The van der Waals surface area contributed by atoms with E-state index < -0.39 is 13.7 Å². The number of carbonyl (C=O) groups is 2. The van der Waals surface area contributed by atoms with E-state index in [9.17, 15) is 9.59 Å². The summed E-state index contributed by atoms with van der Waals surface area (Å²) in [4.78, 5) is 38.6. The van der Waals surface area contributed by atoms with Gasteiger partial charge in [-0.3, -0.25) is 14.5 Å². The Morgan fingerprint density at radius 1 is 1.06 bits per heavy atom. The molecule has 2 aromatic rings. The second-order valence-corrected chi connectivity index (χ2v) is 16.6. The van der Waals surface area contributed by atoms with Gasteiger partial charge in [0.15, 0.2) is 14.1 Å². The van der Waals surface area contributed by atoms with Crippen LogP contribution in [0.4, 0.5) is 17.2 Å². The molecule has 1 aromatic carbocycles. The lowest BCUT2D eigenvalue weighted by Gasteiger charge is -2.35. The lowest BCUT2D eigenvalue weighted by molar-refractivity contribution is -0.121. The van der Waals surface area contributed by atoms with Crippen LogP contribution in [0.2, 0.25) is 23.3 Å². The number of carbonyl (C=O) groups excluding carboxylic acids is 2. The normalized spacial score (nSPS) is 18.3. The summed E-state index contributed by atoms with van der Waals surface area (Å²) in [5.74, 6) is 0.979. The van der Waals surface area contributed by atoms with Crippen molar-refractivity contribution < 1.29 is 14.0 Å². The number of aromatic nitrogens is 2. The Balaban J connectivity index is 1.68. The second-order valence-electron chi connectivity index (χ2n) is 11.5. The summed E-state index contributed by atoms with van der Waals surface area (Å²) in [5.41, 5.74) is 1.28. The Kier molecular flexibility index (Phi) is 6.62. The number of hydrogen-bond acceptors (Lipinski definition) is 5. The molecule has 1 saturated heterocycles. The molecular formula is C26H35ClN4O3Si. The zero-order valence-corrected chi connectivity index (χ0v) is 23.5. The SMILES string of the molecule is CC1(C)C(=O)N(c2ccc(N3CCCCC3=O)cc2)c2nc(CO[Si](C)(C)C(C)(C)C)nc(Cl)c21. The van der Waals surface area contributed by atoms with Crippen molar-refractivity contribution >= 4 is 48.9 Å². The number of piperidine rings is 1. The lowest BCUT2D eigenvalue weighted by atomic mass is 9.88. The topological polar surface area (TPSA) is 75.6 Å². The van der Waals surface area contributed by atoms with Crippen molar-refractivity contribution in [3.05, 3.63) is 40.8 Å². The molecule has 35 heavy (non-hydrogen) atoms. The van der Waals surface area contributed by atoms with Crippen LogP contribution in [0.15, 0.2) is 24.3 Å². The molecule has 0 aliphatic carbocycles. The van der Waals surface area contributed by atoms with Gasteiger partial charge in [0.2, 0.25) is 11.8 Å². The first kappa shape index (κ1) is 25.8. The summed E-state index contributed by atoms with van der Waals surface area (Å²) in [6.07, 6.45) is 2.50. The summed E-state index contributed by atoms with van der Waals surface area (Å²) in [6, 6.07) is 7.51. The highest BCUT2D eigenvalue weighted by Crippen LogP contribution is 2.47. The summed E-state index contributed by atoms with van der Waals surface area (Å²) >= 11 is 6.64. The van der Waals surface area contributed by atoms with Gasteiger partial charge in [-0.05, 0) is 69.1 Å². The van der Waals surface area contributed by atoms with Crippen LogP contribution in [0.25, 0.3) is 0 Å². The van der Waals surface area contributed by atoms with Crippen molar-refractivity contribution in [2.24, 2.45) is 0 Å². The van der Waals surface area contributed by atoms with Crippen molar-refractivity contribution in [3.63, 3.8) is 0 Å². The summed E-state index contributed by atoms with van der Waals surface area (Å²) in [6.45, 7) is 15.5. The van der Waals surface area contributed by atoms with Gasteiger partial charge in [0.05, 0.1) is 17.7 Å². The van der Waals surface area contributed by atoms with E-state index in [-0.39, 0.29) is 28.6 Å². The number of benzene rings is 1. The Bertz CT molecular complexity index is 1160. The van der Waals surface area contributed by atoms with Crippen molar-refractivity contribution in [2.45, 2.75) is 84.0 Å². The fraction of sp³-hybridized carbons (Fsp3) is 0.538. The van der Waals surface area contributed by atoms with Crippen LogP contribution in [-0.2, 0) is 26.0 Å². The van der Waals surface area contributed by atoms with Crippen LogP contribution in [-0.4, -0.2) is 36.6 Å². The maximum absolute atomic E-state index is 13.5. The largest absolute Gasteiger partial charge is 0.409 e. The zero-order valence-electron chi connectivity index (χ0n) is 21.7. The van der Waals surface area contributed by atoms with Crippen LogP contribution < -0.4 is 9.80 Å². The van der Waals surface area contributed by atoms with E-state index in [0.29, 0.717) is 29.3 Å². The van der Waals surface area contributed by atoms with E-state index in [0.717, 1.165) is 25.1 Å². The first-order valence-electron chi connectivity index (χ1n) is 12.2. The van der Waals surface area contributed by atoms with Gasteiger partial charge in [-0.1, -0.05) is 32.4 Å². The fourth-order valence-corrected chi connectivity index (χ4v) is 5.61. The third-order valence-corrected chi connectivity index (χ3v) is 12.3. The standard InChI is InChI=1S/C26H35ClN4O3Si/c1-25(2,3)35(6,7)34-16-19-28-22(27)21-23(29-19)31(24(33)26(21,4)5)18-13-11-17(12-14-18)30-15-9-8-10-20(30)32/h11-14H,8-10,15-16H2,1-7H3. The quantitative estimate of drug-likeness (QED) is 0.354. The van der Waals surface area contributed by atoms with Gasteiger partial charge in [-0.2, -0.15) is 0 Å². The maximum atomic E-state index is 13.5. The minimum Gasteiger partial charge on any atom is -0.409 e. The molecular weight excluding hydrogens is 480 g/mol. The number of hydrogen-bond donors (Lipinski definition) is 0. The van der Waals surface area contributed by atoms with Gasteiger partial charge in [-0.25, -0.2) is 9.97 Å². The molecule has 0 unspecified atom stereocenters. The smallest absolute Gasteiger partial charge is 0.243 e. The average molecular weight is 515 g/mol. The number of anilines is 3. The van der Waals surface area contributed by atoms with Gasteiger partial charge in [0, 0.05) is 24.2 Å². The van der Waals surface area contributed by atoms with E-state index in [2.05, 4.69) is 38.8 Å². The molecule has 1 aromatic heterocycles. The highest BCUT2D eigenvalue weighted by Gasteiger charge is 2.48. The third-order valence-electron chi connectivity index (χ3n) is 7.58. The molecule has 0 spiro atoms. The molecule has 2 aliphatic heterocycles. The van der Waals surface area contributed by atoms with E-state index in [1.807, 2.05) is 43.0 Å². The molecule has 188 valence electrons. The van der Waals surface area contributed by atoms with Gasteiger partial charge >= 0.3 is 0 Å². The Hall–Kier alpha value is -2.29. The Morgan fingerprint density at radius 2 is 1.69 bits per heavy atom. The Morgan fingerprint density at radius 3 is 2.29 bits per heavy atom. The van der Waals surface area contributed by atoms with Gasteiger partial charge in [0.1, 0.15) is 11.0 Å². The predicted molar refractivity (Wildman–Crippen MR) is 142 cm³/mol. The van der Waals surface area contributed by atoms with Gasteiger partial charge < -0.3 is 9.33 Å². The zero-order chi connectivity index (χ0) is 25.8. The van der Waals surface area contributed by atoms with Crippen molar-refractivity contribution in [1.82, 2.24) is 9.97 Å². The van der Waals surface area contributed by atoms with Crippen LogP contribution in [0.3, 0.4) is 0 Å². The van der Waals surface area contributed by atoms with Gasteiger partial charge in [0.25, 0.3) is 0 Å². The van der Waals surface area contributed by atoms with Crippen molar-refractivity contribution in [3.8, 4) is 0 Å². The average Bonchev–Trinajstić information content (AvgIpc) is 2.98. The number of halogens is 1. The van der Waals surface area contributed by atoms with Crippen molar-refractivity contribution in [1.29, 1.82) is 0 Å². The minimum absolute atomic E-state index is 0.0506. The Labute approximate surface area is 214 Å². The lowest BCUT2D eigenvalue weighted by Crippen LogP contribution is -2.40. The third kappa shape index (κ3) is 4.63. The monoisotopic (exact) mass is 514 g/mol. The molecule has 0 bridgehead atoms. The molecule has 0 N–H and O–H groups in total. The highest BCUT2D eigenvalue weighted by molar-refractivity contribution is 6.74. The second kappa shape index (κ2) is 8.98. The predicted octanol–water partition coefficient (Wildman–Crippen LogP) is 6.12. The van der Waals surface area contributed by atoms with Crippen molar-refractivity contribution in [2.75, 3.05) is 16.3 Å². The molecule has 0 saturated carbocycles. The van der Waals surface area contributed by atoms with E-state index in [1.54, 1.807) is 4.90 Å². The molecule has 3 heterocycles. The van der Waals surface area contributed by atoms with Crippen LogP contribution >= 0.6 is 11.6 Å². The summed E-state index contributed by atoms with van der Waals surface area (Å²) < 4.78 is 6.32. The molecule has 4 rings (SSSR count). The highest BCUT2D eigenvalue weighted by atomic mass is 35.5. The summed E-state index contributed by atoms with van der Waals surface area (Å²) in [5, 5.41) is 0.329. The number of fused-ring (bicyclic) bond motifs is 1.